The third kappa shape index (κ3) is 3.22. The molecule has 0 bridgehead atoms. The van der Waals surface area contributed by atoms with Gasteiger partial charge in [-0.15, -0.1) is 23.1 Å². The number of carboxylic acid groups (broad SMARTS) is 1. The molecule has 0 aliphatic carbocycles. The highest BCUT2D eigenvalue weighted by atomic mass is 32.2. The van der Waals surface area contributed by atoms with Gasteiger partial charge in [-0.3, -0.25) is 4.79 Å². The van der Waals surface area contributed by atoms with Gasteiger partial charge in [0.2, 0.25) is 0 Å². The summed E-state index contributed by atoms with van der Waals surface area (Å²) in [5.74, 6) is -0.709. The zero-order chi connectivity index (χ0) is 15.7. The second kappa shape index (κ2) is 6.33. The summed E-state index contributed by atoms with van der Waals surface area (Å²) in [7, 11) is 0. The maximum absolute atomic E-state index is 12.7. The highest BCUT2D eigenvalue weighted by Gasteiger charge is 2.43. The lowest BCUT2D eigenvalue weighted by Gasteiger charge is -2.29. The van der Waals surface area contributed by atoms with Gasteiger partial charge >= 0.3 is 5.97 Å². The molecule has 3 N–H and O–H groups in total. The minimum absolute atomic E-state index is 0.140. The monoisotopic (exact) mass is 329 g/mol. The number of hydrogen-bond donors (Lipinski definition) is 2. The van der Waals surface area contributed by atoms with E-state index >= 15 is 0 Å². The zero-order valence-corrected chi connectivity index (χ0v) is 13.8. The Kier molecular flexibility index (Phi) is 4.90. The zero-order valence-electron chi connectivity index (χ0n) is 12.1. The number of rotatable bonds is 4. The number of amides is 1. The fourth-order valence-electron chi connectivity index (χ4n) is 2.22. The number of carbonyl (C=O) groups is 2. The highest BCUT2D eigenvalue weighted by molar-refractivity contribution is 8.00. The quantitative estimate of drug-likeness (QED) is 0.874. The lowest BCUT2D eigenvalue weighted by atomic mass is 10.1. The number of nitrogens with two attached hydrogens (primary N) is 1. The summed E-state index contributed by atoms with van der Waals surface area (Å²) in [6.45, 7) is 5.77. The van der Waals surface area contributed by atoms with Crippen LogP contribution in [0, 0.1) is 5.92 Å². The molecule has 1 aliphatic heterocycles. The molecule has 0 aromatic carbocycles. The molecule has 6 nitrogen and oxygen atoms in total. The number of carboxylic acids is 1. The van der Waals surface area contributed by atoms with E-state index in [1.54, 1.807) is 12.3 Å². The van der Waals surface area contributed by atoms with Gasteiger partial charge in [-0.05, 0) is 12.8 Å². The molecule has 116 valence electrons. The maximum Gasteiger partial charge on any atom is 0.327 e. The Morgan fingerprint density at radius 2 is 2.14 bits per heavy atom. The first-order chi connectivity index (χ1) is 9.82. The fraction of sp³-hybridized carbons (Fsp3) is 0.615. The lowest BCUT2D eigenvalue weighted by molar-refractivity contribution is -0.141. The molecule has 1 fully saturated rings. The number of hydrogen-bond acceptors (Lipinski definition) is 6. The smallest absolute Gasteiger partial charge is 0.327 e. The predicted octanol–water partition coefficient (Wildman–Crippen LogP) is 1.79. The summed E-state index contributed by atoms with van der Waals surface area (Å²) in [4.78, 5) is 29.7. The van der Waals surface area contributed by atoms with E-state index in [-0.39, 0.29) is 28.9 Å². The standard InChI is InChI=1S/C13H19N3O3S2/c1-6(2)12-16(9(5-21-12)13(18)19)11(17)8-4-20-10(15-8)7(3)14/h4,6-7,9,12H,5,14H2,1-3H3,(H,18,19). The third-order valence-electron chi connectivity index (χ3n) is 3.26. The maximum atomic E-state index is 12.7. The molecule has 1 amide bonds. The summed E-state index contributed by atoms with van der Waals surface area (Å²) in [5.41, 5.74) is 6.04. The largest absolute Gasteiger partial charge is 0.480 e. The van der Waals surface area contributed by atoms with Gasteiger partial charge < -0.3 is 15.7 Å². The Balaban J connectivity index is 2.29. The van der Waals surface area contributed by atoms with E-state index in [9.17, 15) is 14.7 Å². The first-order valence-electron chi connectivity index (χ1n) is 6.71. The Morgan fingerprint density at radius 3 is 2.62 bits per heavy atom. The van der Waals surface area contributed by atoms with Gasteiger partial charge in [0.1, 0.15) is 16.7 Å². The van der Waals surface area contributed by atoms with Gasteiger partial charge in [0.25, 0.3) is 5.91 Å². The van der Waals surface area contributed by atoms with E-state index < -0.39 is 12.0 Å². The van der Waals surface area contributed by atoms with Gasteiger partial charge in [0.15, 0.2) is 0 Å². The molecule has 1 aromatic heterocycles. The summed E-state index contributed by atoms with van der Waals surface area (Å²) in [6.07, 6.45) is 0. The van der Waals surface area contributed by atoms with Crippen molar-refractivity contribution in [2.24, 2.45) is 11.7 Å². The Morgan fingerprint density at radius 1 is 1.48 bits per heavy atom. The average Bonchev–Trinajstić information content (AvgIpc) is 3.04. The fourth-order valence-corrected chi connectivity index (χ4v) is 4.44. The number of carbonyl (C=O) groups excluding carboxylic acids is 1. The summed E-state index contributed by atoms with van der Waals surface area (Å²) in [5, 5.41) is 11.5. The van der Waals surface area contributed by atoms with Gasteiger partial charge in [-0.25, -0.2) is 9.78 Å². The van der Waals surface area contributed by atoms with Crippen molar-refractivity contribution in [1.82, 2.24) is 9.88 Å². The molecular formula is C13H19N3O3S2. The van der Waals surface area contributed by atoms with E-state index in [0.717, 1.165) is 0 Å². The molecule has 0 spiro atoms. The molecule has 0 saturated carbocycles. The van der Waals surface area contributed by atoms with Crippen molar-refractivity contribution >= 4 is 35.0 Å². The minimum atomic E-state index is -0.971. The number of aliphatic carboxylic acids is 1. The normalized spacial score (nSPS) is 23.6. The van der Waals surface area contributed by atoms with Crippen LogP contribution < -0.4 is 5.73 Å². The number of thioether (sulfide) groups is 1. The van der Waals surface area contributed by atoms with E-state index in [1.807, 2.05) is 13.8 Å². The number of nitrogens with zero attached hydrogens (tertiary/aromatic N) is 2. The van der Waals surface area contributed by atoms with E-state index in [2.05, 4.69) is 4.98 Å². The molecule has 1 aromatic rings. The minimum Gasteiger partial charge on any atom is -0.480 e. The summed E-state index contributed by atoms with van der Waals surface area (Å²) < 4.78 is 0. The van der Waals surface area contributed by atoms with Crippen molar-refractivity contribution in [3.63, 3.8) is 0 Å². The summed E-state index contributed by atoms with van der Waals surface area (Å²) >= 11 is 2.83. The number of thiazole rings is 1. The van der Waals surface area contributed by atoms with Gasteiger partial charge in [0.05, 0.1) is 11.4 Å². The average molecular weight is 329 g/mol. The van der Waals surface area contributed by atoms with Crippen molar-refractivity contribution in [3.8, 4) is 0 Å². The van der Waals surface area contributed by atoms with Crippen LogP contribution in [0.1, 0.15) is 42.3 Å². The second-order valence-electron chi connectivity index (χ2n) is 5.39. The molecular weight excluding hydrogens is 310 g/mol. The van der Waals surface area contributed by atoms with Crippen molar-refractivity contribution < 1.29 is 14.7 Å². The molecule has 0 radical (unpaired) electrons. The molecule has 2 heterocycles. The number of aromatic nitrogens is 1. The van der Waals surface area contributed by atoms with Crippen LogP contribution in [-0.4, -0.2) is 44.0 Å². The first kappa shape index (κ1) is 16.3. The van der Waals surface area contributed by atoms with Gasteiger partial charge in [-0.2, -0.15) is 0 Å². The van der Waals surface area contributed by atoms with Crippen LogP contribution in [0.2, 0.25) is 0 Å². The second-order valence-corrected chi connectivity index (χ2v) is 7.43. The lowest BCUT2D eigenvalue weighted by Crippen LogP contribution is -2.47. The Labute approximate surface area is 131 Å². The van der Waals surface area contributed by atoms with Gasteiger partial charge in [0, 0.05) is 11.1 Å². The van der Waals surface area contributed by atoms with E-state index in [1.165, 1.54) is 28.0 Å². The molecule has 1 aliphatic rings. The Hall–Kier alpha value is -1.12. The molecule has 8 heteroatoms. The van der Waals surface area contributed by atoms with Crippen LogP contribution in [0.3, 0.4) is 0 Å². The summed E-state index contributed by atoms with van der Waals surface area (Å²) in [6, 6.07) is -1.03. The molecule has 3 atom stereocenters. The molecule has 3 unspecified atom stereocenters. The first-order valence-corrected chi connectivity index (χ1v) is 8.63. The van der Waals surface area contributed by atoms with Crippen molar-refractivity contribution in [1.29, 1.82) is 0 Å². The van der Waals surface area contributed by atoms with Crippen LogP contribution in [0.25, 0.3) is 0 Å². The van der Waals surface area contributed by atoms with Gasteiger partial charge in [-0.1, -0.05) is 13.8 Å². The molecule has 2 rings (SSSR count). The van der Waals surface area contributed by atoms with Crippen LogP contribution in [0.5, 0.6) is 0 Å². The van der Waals surface area contributed by atoms with Crippen LogP contribution >= 0.6 is 23.1 Å². The van der Waals surface area contributed by atoms with E-state index in [0.29, 0.717) is 10.8 Å². The predicted molar refractivity (Wildman–Crippen MR) is 83.4 cm³/mol. The SMILES string of the molecule is CC(N)c1nc(C(=O)N2C(C(=O)O)CSC2C(C)C)cs1. The van der Waals surface area contributed by atoms with Crippen molar-refractivity contribution in [2.75, 3.05) is 5.75 Å². The van der Waals surface area contributed by atoms with Crippen LogP contribution in [0.4, 0.5) is 0 Å². The highest BCUT2D eigenvalue weighted by Crippen LogP contribution is 2.35. The van der Waals surface area contributed by atoms with Crippen LogP contribution in [0.15, 0.2) is 5.38 Å². The van der Waals surface area contributed by atoms with Crippen LogP contribution in [-0.2, 0) is 4.79 Å². The topological polar surface area (TPSA) is 96.5 Å². The van der Waals surface area contributed by atoms with E-state index in [4.69, 9.17) is 5.73 Å². The molecule has 1 saturated heterocycles. The third-order valence-corrected chi connectivity index (χ3v) is 5.92. The van der Waals surface area contributed by atoms with Crippen molar-refractivity contribution in [3.05, 3.63) is 16.1 Å². The van der Waals surface area contributed by atoms with Crippen molar-refractivity contribution in [2.45, 2.75) is 38.2 Å². The molecule has 21 heavy (non-hydrogen) atoms. The Bertz CT molecular complexity index is 545.